The quantitative estimate of drug-likeness (QED) is 0.666. The van der Waals surface area contributed by atoms with Crippen molar-refractivity contribution in [2.75, 3.05) is 20.3 Å². The fourth-order valence-corrected chi connectivity index (χ4v) is 3.38. The van der Waals surface area contributed by atoms with Crippen LogP contribution in [0.2, 0.25) is 0 Å². The third-order valence-electron chi connectivity index (χ3n) is 4.87. The van der Waals surface area contributed by atoms with Crippen molar-refractivity contribution >= 4 is 17.0 Å². The molecule has 1 unspecified atom stereocenters. The number of rotatable bonds is 6. The van der Waals surface area contributed by atoms with Gasteiger partial charge in [0.05, 0.1) is 25.3 Å². The molecule has 1 aromatic heterocycles. The lowest BCUT2D eigenvalue weighted by molar-refractivity contribution is 0.105. The summed E-state index contributed by atoms with van der Waals surface area (Å²) in [5.74, 6) is 1.29. The van der Waals surface area contributed by atoms with Crippen LogP contribution < -0.4 is 14.8 Å². The maximum Gasteiger partial charge on any atom is 0.407 e. The number of fused-ring (bicyclic) bond motifs is 1. The summed E-state index contributed by atoms with van der Waals surface area (Å²) in [6.45, 7) is 2.37. The van der Waals surface area contributed by atoms with Gasteiger partial charge >= 0.3 is 6.09 Å². The van der Waals surface area contributed by atoms with E-state index in [9.17, 15) is 9.90 Å². The molecule has 1 fully saturated rings. The number of nitrogens with one attached hydrogen (secondary N) is 1. The van der Waals surface area contributed by atoms with E-state index in [2.05, 4.69) is 10.3 Å². The van der Waals surface area contributed by atoms with Crippen LogP contribution in [0.4, 0.5) is 4.79 Å². The number of nitrogens with zero attached hydrogens (tertiary/aromatic N) is 1. The van der Waals surface area contributed by atoms with Gasteiger partial charge in [-0.15, -0.1) is 0 Å². The molecule has 0 bridgehead atoms. The number of hydrogen-bond donors (Lipinski definition) is 2. The fraction of sp³-hybridized carbons (Fsp3) is 0.273. The van der Waals surface area contributed by atoms with Crippen molar-refractivity contribution in [3.63, 3.8) is 0 Å². The topological polar surface area (TPSA) is 89.9 Å². The minimum absolute atomic E-state index is 0.244. The van der Waals surface area contributed by atoms with E-state index in [1.807, 2.05) is 42.5 Å². The van der Waals surface area contributed by atoms with Crippen LogP contribution in [-0.4, -0.2) is 42.5 Å². The van der Waals surface area contributed by atoms with Crippen molar-refractivity contribution in [2.45, 2.75) is 19.1 Å². The second-order valence-electron chi connectivity index (χ2n) is 6.90. The van der Waals surface area contributed by atoms with Gasteiger partial charge in [-0.05, 0) is 54.4 Å². The predicted molar refractivity (Wildman–Crippen MR) is 108 cm³/mol. The lowest BCUT2D eigenvalue weighted by atomic mass is 9.98. The molecule has 0 radical (unpaired) electrons. The van der Waals surface area contributed by atoms with Gasteiger partial charge in [-0.2, -0.15) is 0 Å². The number of aromatic nitrogens is 1. The molecule has 2 N–H and O–H groups in total. The first kappa shape index (κ1) is 19.0. The van der Waals surface area contributed by atoms with Crippen LogP contribution in [0.15, 0.2) is 48.7 Å². The Hall–Kier alpha value is -3.32. The van der Waals surface area contributed by atoms with Crippen molar-refractivity contribution < 1.29 is 24.1 Å². The van der Waals surface area contributed by atoms with Crippen molar-refractivity contribution in [1.82, 2.24) is 10.3 Å². The summed E-state index contributed by atoms with van der Waals surface area (Å²) in [5, 5.41) is 13.6. The van der Waals surface area contributed by atoms with E-state index in [-0.39, 0.29) is 12.7 Å². The van der Waals surface area contributed by atoms with Crippen LogP contribution in [0.5, 0.6) is 11.5 Å². The van der Waals surface area contributed by atoms with E-state index in [0.717, 1.165) is 22.0 Å². The van der Waals surface area contributed by atoms with Crippen molar-refractivity contribution in [2.24, 2.45) is 0 Å². The maximum absolute atomic E-state index is 11.2. The van der Waals surface area contributed by atoms with Crippen LogP contribution in [0.25, 0.3) is 22.0 Å². The van der Waals surface area contributed by atoms with Gasteiger partial charge in [0.2, 0.25) is 0 Å². The highest BCUT2D eigenvalue weighted by Gasteiger charge is 2.23. The van der Waals surface area contributed by atoms with Gasteiger partial charge in [0.1, 0.15) is 18.1 Å². The molecule has 0 aliphatic carbocycles. The molecule has 29 heavy (non-hydrogen) atoms. The maximum atomic E-state index is 11.2. The number of hydrogen-bond acceptors (Lipinski definition) is 6. The van der Waals surface area contributed by atoms with Gasteiger partial charge in [-0.25, -0.2) is 4.79 Å². The molecule has 3 aromatic rings. The van der Waals surface area contributed by atoms with E-state index in [0.29, 0.717) is 23.6 Å². The van der Waals surface area contributed by atoms with Crippen molar-refractivity contribution in [3.8, 4) is 22.6 Å². The Bertz CT molecular complexity index is 1050. The molecule has 2 heterocycles. The zero-order valence-electron chi connectivity index (χ0n) is 16.2. The monoisotopic (exact) mass is 394 g/mol. The Balaban J connectivity index is 1.72. The molecule has 1 aliphatic heterocycles. The van der Waals surface area contributed by atoms with E-state index in [1.54, 1.807) is 20.2 Å². The van der Waals surface area contributed by atoms with Gasteiger partial charge in [-0.1, -0.05) is 6.07 Å². The van der Waals surface area contributed by atoms with Crippen LogP contribution in [0.3, 0.4) is 0 Å². The van der Waals surface area contributed by atoms with E-state index < -0.39 is 12.2 Å². The summed E-state index contributed by atoms with van der Waals surface area (Å²) < 4.78 is 16.5. The van der Waals surface area contributed by atoms with E-state index in [4.69, 9.17) is 14.2 Å². The molecule has 2 atom stereocenters. The lowest BCUT2D eigenvalue weighted by Gasteiger charge is -2.16. The van der Waals surface area contributed by atoms with Crippen LogP contribution in [0.1, 0.15) is 18.6 Å². The highest BCUT2D eigenvalue weighted by molar-refractivity contribution is 5.90. The molecule has 1 amide bonds. The van der Waals surface area contributed by atoms with Crippen molar-refractivity contribution in [3.05, 3.63) is 54.2 Å². The smallest absolute Gasteiger partial charge is 0.407 e. The Labute approximate surface area is 168 Å². The normalized spacial score (nSPS) is 16.9. The first-order chi connectivity index (χ1) is 14.0. The number of pyridine rings is 1. The number of aliphatic hydroxyl groups is 1. The molecule has 1 aliphatic rings. The van der Waals surface area contributed by atoms with Crippen molar-refractivity contribution in [1.29, 1.82) is 0 Å². The van der Waals surface area contributed by atoms with Gasteiger partial charge in [-0.3, -0.25) is 4.98 Å². The van der Waals surface area contributed by atoms with E-state index >= 15 is 0 Å². The number of alkyl carbamates (subject to hydrolysis) is 1. The fourth-order valence-electron chi connectivity index (χ4n) is 3.38. The largest absolute Gasteiger partial charge is 0.496 e. The summed E-state index contributed by atoms with van der Waals surface area (Å²) in [4.78, 5) is 15.7. The summed E-state index contributed by atoms with van der Waals surface area (Å²) in [6, 6.07) is 13.4. The van der Waals surface area contributed by atoms with Gasteiger partial charge in [0.25, 0.3) is 0 Å². The van der Waals surface area contributed by atoms with Gasteiger partial charge in [0, 0.05) is 17.1 Å². The third kappa shape index (κ3) is 3.95. The summed E-state index contributed by atoms with van der Waals surface area (Å²) in [7, 11) is 1.58. The Kier molecular flexibility index (Phi) is 5.22. The zero-order chi connectivity index (χ0) is 20.4. The third-order valence-corrected chi connectivity index (χ3v) is 4.87. The summed E-state index contributed by atoms with van der Waals surface area (Å²) in [6.07, 6.45) is 0.306. The molecular weight excluding hydrogens is 372 g/mol. The zero-order valence-corrected chi connectivity index (χ0v) is 16.2. The first-order valence-electron chi connectivity index (χ1n) is 9.37. The Morgan fingerprint density at radius 1 is 1.24 bits per heavy atom. The second kappa shape index (κ2) is 7.97. The Morgan fingerprint density at radius 3 is 2.83 bits per heavy atom. The lowest BCUT2D eigenvalue weighted by Crippen LogP contribution is -2.22. The number of aliphatic hydroxyl groups excluding tert-OH is 1. The molecule has 0 spiro atoms. The van der Waals surface area contributed by atoms with Crippen LogP contribution in [-0.2, 0) is 4.74 Å². The minimum Gasteiger partial charge on any atom is -0.496 e. The SMILES string of the molecule is COc1ccc(-c2cc(OC[C@H]3CNC(=O)O3)c3cccnc3c2)cc1C(C)O. The second-order valence-corrected chi connectivity index (χ2v) is 6.90. The summed E-state index contributed by atoms with van der Waals surface area (Å²) >= 11 is 0. The average molecular weight is 394 g/mol. The molecule has 0 saturated carbocycles. The number of carbonyl (C=O) groups excluding carboxylic acids is 1. The molecule has 7 nitrogen and oxygen atoms in total. The molecule has 2 aromatic carbocycles. The molecule has 150 valence electrons. The number of methoxy groups -OCH3 is 1. The molecule has 1 saturated heterocycles. The number of carbonyl (C=O) groups is 1. The van der Waals surface area contributed by atoms with Crippen LogP contribution >= 0.6 is 0 Å². The van der Waals surface area contributed by atoms with Crippen LogP contribution in [0, 0.1) is 0 Å². The molecular formula is C22H22N2O5. The number of benzene rings is 2. The first-order valence-corrected chi connectivity index (χ1v) is 9.37. The Morgan fingerprint density at radius 2 is 2.10 bits per heavy atom. The number of cyclic esters (lactones) is 1. The predicted octanol–water partition coefficient (Wildman–Crippen LogP) is 3.45. The average Bonchev–Trinajstić information content (AvgIpc) is 3.16. The minimum atomic E-state index is -0.663. The molecule has 4 rings (SSSR count). The number of amides is 1. The summed E-state index contributed by atoms with van der Waals surface area (Å²) in [5.41, 5.74) is 3.30. The number of ether oxygens (including phenoxy) is 3. The standard InChI is InChI=1S/C22H22N2O5/c1-13(25)18-8-14(5-6-20(18)27-2)15-9-19-17(4-3-7-23-19)21(10-15)28-12-16-11-24-22(26)29-16/h3-10,13,16,25H,11-12H2,1-2H3,(H,24,26)/t13?,16-/m1/s1. The highest BCUT2D eigenvalue weighted by atomic mass is 16.6. The molecule has 7 heteroatoms. The van der Waals surface area contributed by atoms with E-state index in [1.165, 1.54) is 0 Å². The highest BCUT2D eigenvalue weighted by Crippen LogP contribution is 2.35. The van der Waals surface area contributed by atoms with Gasteiger partial charge < -0.3 is 24.6 Å². The van der Waals surface area contributed by atoms with Gasteiger partial charge in [0.15, 0.2) is 6.10 Å².